The molecular formula is C16H24F2N2. The molecule has 1 aliphatic rings. The predicted octanol–water partition coefficient (Wildman–Crippen LogP) is 3.24. The summed E-state index contributed by atoms with van der Waals surface area (Å²) in [5.74, 6) is 0. The Kier molecular flexibility index (Phi) is 4.45. The van der Waals surface area contributed by atoms with Crippen molar-refractivity contribution in [3.05, 3.63) is 35.9 Å². The second kappa shape index (κ2) is 5.78. The molecule has 1 aromatic carbocycles. The Balaban J connectivity index is 2.24. The number of nitrogens with zero attached hydrogens (tertiary/aromatic N) is 1. The number of alkyl halides is 2. The predicted molar refractivity (Wildman–Crippen MR) is 78.1 cm³/mol. The Bertz CT molecular complexity index is 437. The molecule has 1 aromatic rings. The first-order chi connectivity index (χ1) is 9.39. The van der Waals surface area contributed by atoms with Crippen LogP contribution in [0.25, 0.3) is 0 Å². The van der Waals surface area contributed by atoms with Crippen LogP contribution in [-0.4, -0.2) is 36.5 Å². The van der Waals surface area contributed by atoms with Crippen LogP contribution in [0.4, 0.5) is 8.78 Å². The standard InChI is InChI=1S/C16H24F2N2/c1-4-15(2)11-19-16(3,12-20(15)10-14(17)18)13-8-6-5-7-9-13/h5-9,14,19H,4,10-12H2,1-3H3. The number of hydrogen-bond donors (Lipinski definition) is 1. The van der Waals surface area contributed by atoms with Crippen LogP contribution in [-0.2, 0) is 5.54 Å². The van der Waals surface area contributed by atoms with Crippen LogP contribution in [0, 0.1) is 0 Å². The van der Waals surface area contributed by atoms with Gasteiger partial charge in [-0.2, -0.15) is 0 Å². The van der Waals surface area contributed by atoms with Gasteiger partial charge in [-0.3, -0.25) is 4.90 Å². The number of nitrogens with one attached hydrogen (secondary N) is 1. The fourth-order valence-corrected chi connectivity index (χ4v) is 2.93. The Morgan fingerprint density at radius 1 is 1.25 bits per heavy atom. The summed E-state index contributed by atoms with van der Waals surface area (Å²) >= 11 is 0. The molecule has 2 nitrogen and oxygen atoms in total. The van der Waals surface area contributed by atoms with Crippen molar-refractivity contribution in [3.63, 3.8) is 0 Å². The van der Waals surface area contributed by atoms with Crippen molar-refractivity contribution < 1.29 is 8.78 Å². The third kappa shape index (κ3) is 3.01. The molecule has 1 N–H and O–H groups in total. The average Bonchev–Trinajstić information content (AvgIpc) is 2.44. The van der Waals surface area contributed by atoms with Gasteiger partial charge in [-0.15, -0.1) is 0 Å². The first-order valence-corrected chi connectivity index (χ1v) is 7.23. The minimum Gasteiger partial charge on any atom is -0.305 e. The van der Waals surface area contributed by atoms with Crippen LogP contribution < -0.4 is 5.32 Å². The number of halogens is 2. The highest BCUT2D eigenvalue weighted by Gasteiger charge is 2.43. The normalized spacial score (nSPS) is 31.7. The highest BCUT2D eigenvalue weighted by molar-refractivity contribution is 5.25. The highest BCUT2D eigenvalue weighted by atomic mass is 19.3. The van der Waals surface area contributed by atoms with Crippen molar-refractivity contribution >= 4 is 0 Å². The van der Waals surface area contributed by atoms with Crippen LogP contribution in [0.15, 0.2) is 30.3 Å². The first-order valence-electron chi connectivity index (χ1n) is 7.23. The van der Waals surface area contributed by atoms with Crippen molar-refractivity contribution in [2.75, 3.05) is 19.6 Å². The summed E-state index contributed by atoms with van der Waals surface area (Å²) in [5.41, 5.74) is 0.674. The third-order valence-corrected chi connectivity index (χ3v) is 4.66. The lowest BCUT2D eigenvalue weighted by Crippen LogP contribution is -2.67. The van der Waals surface area contributed by atoms with E-state index >= 15 is 0 Å². The van der Waals surface area contributed by atoms with Gasteiger partial charge in [0.25, 0.3) is 6.43 Å². The molecule has 0 bridgehead atoms. The van der Waals surface area contributed by atoms with E-state index < -0.39 is 6.43 Å². The molecular weight excluding hydrogens is 258 g/mol. The van der Waals surface area contributed by atoms with Gasteiger partial charge in [0.05, 0.1) is 12.1 Å². The summed E-state index contributed by atoms with van der Waals surface area (Å²) < 4.78 is 25.8. The third-order valence-electron chi connectivity index (χ3n) is 4.66. The Hall–Kier alpha value is -1.00. The molecule has 112 valence electrons. The van der Waals surface area contributed by atoms with E-state index in [-0.39, 0.29) is 17.6 Å². The van der Waals surface area contributed by atoms with Gasteiger partial charge in [0.1, 0.15) is 0 Å². The number of rotatable bonds is 4. The number of piperazine rings is 1. The van der Waals surface area contributed by atoms with E-state index in [9.17, 15) is 8.78 Å². The molecule has 0 radical (unpaired) electrons. The molecule has 0 amide bonds. The molecule has 1 aliphatic heterocycles. The molecule has 2 unspecified atom stereocenters. The molecule has 20 heavy (non-hydrogen) atoms. The van der Waals surface area contributed by atoms with Gasteiger partial charge in [0.2, 0.25) is 0 Å². The van der Waals surface area contributed by atoms with E-state index in [1.165, 1.54) is 0 Å². The monoisotopic (exact) mass is 282 g/mol. The van der Waals surface area contributed by atoms with Crippen LogP contribution in [0.1, 0.15) is 32.8 Å². The zero-order chi connectivity index (χ0) is 14.8. The summed E-state index contributed by atoms with van der Waals surface area (Å²) in [6.45, 7) is 7.38. The largest absolute Gasteiger partial charge is 0.305 e. The molecule has 1 saturated heterocycles. The first kappa shape index (κ1) is 15.4. The smallest absolute Gasteiger partial charge is 0.251 e. The Labute approximate surface area is 120 Å². The minimum atomic E-state index is -2.29. The van der Waals surface area contributed by atoms with Gasteiger partial charge < -0.3 is 5.32 Å². The van der Waals surface area contributed by atoms with Gasteiger partial charge in [-0.05, 0) is 25.8 Å². The molecule has 0 spiro atoms. The molecule has 0 saturated carbocycles. The van der Waals surface area contributed by atoms with E-state index in [1.54, 1.807) is 0 Å². The summed E-state index contributed by atoms with van der Waals surface area (Å²) in [6, 6.07) is 10.1. The summed E-state index contributed by atoms with van der Waals surface area (Å²) in [5, 5.41) is 3.57. The SMILES string of the molecule is CCC1(C)CNC(C)(c2ccccc2)CN1CC(F)F. The van der Waals surface area contributed by atoms with Gasteiger partial charge in [-0.1, -0.05) is 37.3 Å². The van der Waals surface area contributed by atoms with Crippen molar-refractivity contribution in [1.29, 1.82) is 0 Å². The lowest BCUT2D eigenvalue weighted by molar-refractivity contribution is -0.0241. The fourth-order valence-electron chi connectivity index (χ4n) is 2.93. The van der Waals surface area contributed by atoms with E-state index in [0.29, 0.717) is 6.54 Å². The zero-order valence-electron chi connectivity index (χ0n) is 12.5. The van der Waals surface area contributed by atoms with Crippen molar-refractivity contribution in [3.8, 4) is 0 Å². The van der Waals surface area contributed by atoms with E-state index in [1.807, 2.05) is 23.1 Å². The lowest BCUT2D eigenvalue weighted by Gasteiger charge is -2.52. The molecule has 0 aromatic heterocycles. The molecule has 4 heteroatoms. The molecule has 0 aliphatic carbocycles. The summed E-state index contributed by atoms with van der Waals surface area (Å²) in [4.78, 5) is 1.95. The summed E-state index contributed by atoms with van der Waals surface area (Å²) in [7, 11) is 0. The van der Waals surface area contributed by atoms with Gasteiger partial charge in [0, 0.05) is 18.6 Å². The minimum absolute atomic E-state index is 0.158. The Morgan fingerprint density at radius 2 is 1.90 bits per heavy atom. The maximum absolute atomic E-state index is 12.9. The second-order valence-electron chi connectivity index (χ2n) is 6.17. The zero-order valence-corrected chi connectivity index (χ0v) is 12.5. The van der Waals surface area contributed by atoms with Crippen LogP contribution in [0.2, 0.25) is 0 Å². The highest BCUT2D eigenvalue weighted by Crippen LogP contribution is 2.32. The van der Waals surface area contributed by atoms with E-state index in [4.69, 9.17) is 0 Å². The second-order valence-corrected chi connectivity index (χ2v) is 6.17. The number of benzene rings is 1. The van der Waals surface area contributed by atoms with Gasteiger partial charge in [-0.25, -0.2) is 8.78 Å². The van der Waals surface area contributed by atoms with Crippen LogP contribution in [0.5, 0.6) is 0 Å². The van der Waals surface area contributed by atoms with Crippen molar-refractivity contribution in [1.82, 2.24) is 10.2 Å². The van der Waals surface area contributed by atoms with Crippen molar-refractivity contribution in [2.45, 2.75) is 44.7 Å². The maximum Gasteiger partial charge on any atom is 0.251 e. The maximum atomic E-state index is 12.9. The number of hydrogen-bond acceptors (Lipinski definition) is 2. The topological polar surface area (TPSA) is 15.3 Å². The van der Waals surface area contributed by atoms with Gasteiger partial charge in [0.15, 0.2) is 0 Å². The fraction of sp³-hybridized carbons (Fsp3) is 0.625. The van der Waals surface area contributed by atoms with E-state index in [2.05, 4.69) is 38.2 Å². The average molecular weight is 282 g/mol. The Morgan fingerprint density at radius 3 is 2.45 bits per heavy atom. The van der Waals surface area contributed by atoms with Crippen molar-refractivity contribution in [2.24, 2.45) is 0 Å². The molecule has 2 atom stereocenters. The molecule has 1 heterocycles. The molecule has 2 rings (SSSR count). The summed E-state index contributed by atoms with van der Waals surface area (Å²) in [6.07, 6.45) is -1.43. The van der Waals surface area contributed by atoms with Crippen LogP contribution in [0.3, 0.4) is 0 Å². The molecule has 1 fully saturated rings. The van der Waals surface area contributed by atoms with E-state index in [0.717, 1.165) is 18.5 Å². The van der Waals surface area contributed by atoms with Gasteiger partial charge >= 0.3 is 0 Å². The van der Waals surface area contributed by atoms with Crippen LogP contribution >= 0.6 is 0 Å². The lowest BCUT2D eigenvalue weighted by atomic mass is 9.83. The quantitative estimate of drug-likeness (QED) is 0.912.